The van der Waals surface area contributed by atoms with Gasteiger partial charge in [-0.25, -0.2) is 0 Å². The number of Topliss-reactive ketones (excluding diaryl/α,β-unsaturated/α-hetero) is 3. The standard InChI is InChI=1S/C33H21ClN2O5/c34-25-11-5-4-10-24(25)30(37)29-28(20-13-16-21(17-14-20)36(40)41)33(31(38)22-8-2-3-9-23(22)32(33)39)27-18-15-19-7-1-6-12-26(19)35(27)29/h1-18,27-29H/t27?,28-,29+/m1/s1. The number of nitro groups is 1. The van der Waals surface area contributed by atoms with E-state index in [1.54, 1.807) is 60.7 Å². The summed E-state index contributed by atoms with van der Waals surface area (Å²) in [6.07, 6.45) is 3.72. The van der Waals surface area contributed by atoms with E-state index in [-0.39, 0.29) is 33.6 Å². The number of nitro benzene ring substituents is 1. The lowest BCUT2D eigenvalue weighted by molar-refractivity contribution is -0.384. The van der Waals surface area contributed by atoms with Crippen LogP contribution in [0, 0.1) is 15.5 Å². The molecule has 4 aromatic carbocycles. The number of halogens is 1. The highest BCUT2D eigenvalue weighted by atomic mass is 35.5. The fourth-order valence-electron chi connectivity index (χ4n) is 6.91. The minimum absolute atomic E-state index is 0.134. The summed E-state index contributed by atoms with van der Waals surface area (Å²) in [5.41, 5.74) is 1.10. The van der Waals surface area contributed by atoms with E-state index in [0.29, 0.717) is 22.4 Å². The number of non-ortho nitro benzene ring substituents is 1. The summed E-state index contributed by atoms with van der Waals surface area (Å²) in [7, 11) is 0. The number of ketones is 3. The van der Waals surface area contributed by atoms with Crippen LogP contribution in [0.3, 0.4) is 0 Å². The van der Waals surface area contributed by atoms with Gasteiger partial charge < -0.3 is 4.90 Å². The van der Waals surface area contributed by atoms with Crippen LogP contribution < -0.4 is 4.90 Å². The Morgan fingerprint density at radius 2 is 1.44 bits per heavy atom. The van der Waals surface area contributed by atoms with Gasteiger partial charge in [-0.2, -0.15) is 0 Å². The number of hydrogen-bond acceptors (Lipinski definition) is 6. The quantitative estimate of drug-likeness (QED) is 0.121. The van der Waals surface area contributed by atoms with Gasteiger partial charge in [-0.15, -0.1) is 0 Å². The molecule has 41 heavy (non-hydrogen) atoms. The second-order valence-electron chi connectivity index (χ2n) is 10.5. The molecule has 0 amide bonds. The number of anilines is 1. The highest BCUT2D eigenvalue weighted by Gasteiger charge is 2.71. The molecule has 3 atom stereocenters. The Hall–Kier alpha value is -4.88. The lowest BCUT2D eigenvalue weighted by Crippen LogP contribution is -2.48. The van der Waals surface area contributed by atoms with E-state index in [1.807, 2.05) is 41.3 Å². The molecule has 4 aromatic rings. The van der Waals surface area contributed by atoms with Crippen LogP contribution in [0.1, 0.15) is 48.1 Å². The Morgan fingerprint density at radius 1 is 0.829 bits per heavy atom. The minimum atomic E-state index is -1.69. The van der Waals surface area contributed by atoms with Gasteiger partial charge in [0.15, 0.2) is 17.3 Å². The zero-order valence-corrected chi connectivity index (χ0v) is 22.2. The van der Waals surface area contributed by atoms with Crippen LogP contribution in [0.5, 0.6) is 0 Å². The first kappa shape index (κ1) is 25.1. The number of fused-ring (bicyclic) bond motifs is 5. The maximum absolute atomic E-state index is 14.6. The smallest absolute Gasteiger partial charge is 0.269 e. The molecule has 8 heteroatoms. The van der Waals surface area contributed by atoms with Crippen LogP contribution in [0.4, 0.5) is 11.4 Å². The minimum Gasteiger partial charge on any atom is -0.352 e. The van der Waals surface area contributed by atoms with Crippen molar-refractivity contribution in [2.75, 3.05) is 4.90 Å². The van der Waals surface area contributed by atoms with E-state index in [4.69, 9.17) is 11.6 Å². The number of benzene rings is 4. The average Bonchev–Trinajstić information content (AvgIpc) is 3.43. The van der Waals surface area contributed by atoms with E-state index in [9.17, 15) is 24.5 Å². The monoisotopic (exact) mass is 560 g/mol. The maximum Gasteiger partial charge on any atom is 0.269 e. The summed E-state index contributed by atoms with van der Waals surface area (Å²) < 4.78 is 0. The molecule has 0 radical (unpaired) electrons. The first-order valence-corrected chi connectivity index (χ1v) is 13.5. The number of carbonyl (C=O) groups excluding carboxylic acids is 3. The Labute approximate surface area is 239 Å². The molecule has 200 valence electrons. The van der Waals surface area contributed by atoms with Crippen LogP contribution in [0.25, 0.3) is 6.08 Å². The predicted molar refractivity (Wildman–Crippen MR) is 155 cm³/mol. The van der Waals surface area contributed by atoms with E-state index in [0.717, 1.165) is 5.56 Å². The number of rotatable bonds is 4. The Bertz CT molecular complexity index is 1790. The lowest BCUT2D eigenvalue weighted by atomic mass is 9.64. The summed E-state index contributed by atoms with van der Waals surface area (Å²) in [4.78, 5) is 56.7. The van der Waals surface area contributed by atoms with Gasteiger partial charge in [0.05, 0.1) is 16.0 Å². The molecule has 2 aliphatic heterocycles. The molecule has 0 N–H and O–H groups in total. The molecule has 1 saturated heterocycles. The second kappa shape index (κ2) is 9.08. The van der Waals surface area contributed by atoms with Gasteiger partial charge in [-0.3, -0.25) is 24.5 Å². The van der Waals surface area contributed by atoms with Crippen molar-refractivity contribution < 1.29 is 19.3 Å². The van der Waals surface area contributed by atoms with Crippen LogP contribution in [-0.2, 0) is 0 Å². The third-order valence-corrected chi connectivity index (χ3v) is 8.91. The molecule has 0 saturated carbocycles. The highest BCUT2D eigenvalue weighted by molar-refractivity contribution is 6.35. The SMILES string of the molecule is O=C(c1ccccc1Cl)[C@@H]1[C@@H](c2ccc([N+](=O)[O-])cc2)C2(C(=O)c3ccccc3C2=O)C2C=Cc3ccccc3N21. The van der Waals surface area contributed by atoms with Gasteiger partial charge in [0, 0.05) is 40.4 Å². The molecule has 2 heterocycles. The predicted octanol–water partition coefficient (Wildman–Crippen LogP) is 6.56. The number of hydrogen-bond donors (Lipinski definition) is 0. The van der Waals surface area contributed by atoms with Gasteiger partial charge in [-0.05, 0) is 29.3 Å². The molecular weight excluding hydrogens is 540 g/mol. The van der Waals surface area contributed by atoms with Crippen LogP contribution >= 0.6 is 11.6 Å². The van der Waals surface area contributed by atoms with Crippen molar-refractivity contribution in [1.29, 1.82) is 0 Å². The topological polar surface area (TPSA) is 97.6 Å². The molecule has 0 bridgehead atoms. The number of nitrogens with zero attached hydrogens (tertiary/aromatic N) is 2. The molecule has 1 unspecified atom stereocenters. The third-order valence-electron chi connectivity index (χ3n) is 8.58. The summed E-state index contributed by atoms with van der Waals surface area (Å²) >= 11 is 6.54. The summed E-state index contributed by atoms with van der Waals surface area (Å²) in [5, 5.41) is 11.7. The normalized spacial score (nSPS) is 21.5. The largest absolute Gasteiger partial charge is 0.352 e. The fraction of sp³-hybridized carbons (Fsp3) is 0.121. The molecule has 3 aliphatic rings. The van der Waals surface area contributed by atoms with E-state index >= 15 is 0 Å². The molecule has 1 spiro atoms. The summed E-state index contributed by atoms with van der Waals surface area (Å²) in [5.74, 6) is -2.05. The van der Waals surface area contributed by atoms with Crippen LogP contribution in [0.2, 0.25) is 5.02 Å². The lowest BCUT2D eigenvalue weighted by Gasteiger charge is -2.37. The van der Waals surface area contributed by atoms with Crippen molar-refractivity contribution in [3.05, 3.63) is 146 Å². The molecule has 1 aliphatic carbocycles. The summed E-state index contributed by atoms with van der Waals surface area (Å²) in [6.45, 7) is 0. The molecule has 0 aromatic heterocycles. The second-order valence-corrected chi connectivity index (χ2v) is 10.9. The first-order chi connectivity index (χ1) is 19.9. The van der Waals surface area contributed by atoms with Crippen molar-refractivity contribution in [3.63, 3.8) is 0 Å². The maximum atomic E-state index is 14.6. The van der Waals surface area contributed by atoms with Crippen LogP contribution in [-0.4, -0.2) is 34.4 Å². The molecule has 7 nitrogen and oxygen atoms in total. The highest BCUT2D eigenvalue weighted by Crippen LogP contribution is 2.61. The van der Waals surface area contributed by atoms with Gasteiger partial charge in [0.2, 0.25) is 0 Å². The van der Waals surface area contributed by atoms with Crippen LogP contribution in [0.15, 0.2) is 103 Å². The van der Waals surface area contributed by atoms with Gasteiger partial charge in [-0.1, -0.05) is 90.5 Å². The number of para-hydroxylation sites is 1. The molecule has 7 rings (SSSR count). The van der Waals surface area contributed by atoms with Gasteiger partial charge >= 0.3 is 0 Å². The van der Waals surface area contributed by atoms with Crippen molar-refractivity contribution in [1.82, 2.24) is 0 Å². The molecule has 1 fully saturated rings. The average molecular weight is 561 g/mol. The third kappa shape index (κ3) is 3.36. The summed E-state index contributed by atoms with van der Waals surface area (Å²) in [6, 6.07) is 24.9. The fourth-order valence-corrected chi connectivity index (χ4v) is 7.14. The molecular formula is C33H21ClN2O5. The zero-order chi connectivity index (χ0) is 28.5. The van der Waals surface area contributed by atoms with E-state index < -0.39 is 28.3 Å². The zero-order valence-electron chi connectivity index (χ0n) is 21.4. The van der Waals surface area contributed by atoms with Crippen molar-refractivity contribution in [3.8, 4) is 0 Å². The van der Waals surface area contributed by atoms with Crippen molar-refractivity contribution >= 4 is 46.4 Å². The Morgan fingerprint density at radius 3 is 2.10 bits per heavy atom. The number of carbonyl (C=O) groups is 3. The Kier molecular flexibility index (Phi) is 5.56. The van der Waals surface area contributed by atoms with Crippen molar-refractivity contribution in [2.45, 2.75) is 18.0 Å². The van der Waals surface area contributed by atoms with Gasteiger partial charge in [0.1, 0.15) is 11.5 Å². The van der Waals surface area contributed by atoms with Gasteiger partial charge in [0.25, 0.3) is 5.69 Å². The Balaban J connectivity index is 1.55. The first-order valence-electron chi connectivity index (χ1n) is 13.1. The van der Waals surface area contributed by atoms with E-state index in [1.165, 1.54) is 12.1 Å². The van der Waals surface area contributed by atoms with Crippen molar-refractivity contribution in [2.24, 2.45) is 5.41 Å². The van der Waals surface area contributed by atoms with E-state index in [2.05, 4.69) is 0 Å².